The standard InChI is InChI=1S/C48H59NO7/c1-2-3-4-7-32-24-30(11-15-33(32)29-49-35-26-37-17-16-34-8-6-22-47(23-21-36(50)28-47)48(34,27-35)56-37)13-19-40-38(18-12-31-14-20-41(51)43(53)25-31)39-9-5-10-42(52)44(39)46(55)45(40)54/h5,9-12,14-15,18,20,24-25,34-37,49-55H,2-4,6-8,13,16-17,19,21-23,26-29H2,1H3/b18-12+/t34-,35+,36+,37-,47-,48-/m1/s1. The zero-order chi connectivity index (χ0) is 39.0. The van der Waals surface area contributed by atoms with Crippen molar-refractivity contribution in [2.45, 2.75) is 140 Å². The molecule has 2 aliphatic heterocycles. The number of ether oxygens (including phenoxy) is 1. The Labute approximate surface area is 330 Å². The van der Waals surface area contributed by atoms with E-state index in [1.54, 1.807) is 18.2 Å². The van der Waals surface area contributed by atoms with Crippen LogP contribution in [0.2, 0.25) is 0 Å². The van der Waals surface area contributed by atoms with E-state index < -0.39 is 0 Å². The zero-order valence-electron chi connectivity index (χ0n) is 32.8. The van der Waals surface area contributed by atoms with E-state index in [0.717, 1.165) is 69.9 Å². The summed E-state index contributed by atoms with van der Waals surface area (Å²) in [5.74, 6) is -0.579. The highest BCUT2D eigenvalue weighted by atomic mass is 16.5. The van der Waals surface area contributed by atoms with Gasteiger partial charge in [-0.25, -0.2) is 0 Å². The summed E-state index contributed by atoms with van der Waals surface area (Å²) >= 11 is 0. The Morgan fingerprint density at radius 3 is 2.46 bits per heavy atom. The fourth-order valence-electron chi connectivity index (χ4n) is 11.3. The Balaban J connectivity index is 1.04. The number of unbranched alkanes of at least 4 members (excludes halogenated alkanes) is 2. The molecule has 8 nitrogen and oxygen atoms in total. The van der Waals surface area contributed by atoms with Crippen molar-refractivity contribution in [3.63, 3.8) is 0 Å². The minimum Gasteiger partial charge on any atom is -0.507 e. The van der Waals surface area contributed by atoms with Gasteiger partial charge in [-0.15, -0.1) is 0 Å². The predicted molar refractivity (Wildman–Crippen MR) is 221 cm³/mol. The molecule has 0 unspecified atom stereocenters. The lowest BCUT2D eigenvalue weighted by Crippen LogP contribution is -2.66. The van der Waals surface area contributed by atoms with Gasteiger partial charge in [0.1, 0.15) is 5.75 Å². The topological polar surface area (TPSA) is 143 Å². The lowest BCUT2D eigenvalue weighted by atomic mass is 9.52. The van der Waals surface area contributed by atoms with Crippen LogP contribution >= 0.6 is 0 Å². The Kier molecular flexibility index (Phi) is 11.0. The van der Waals surface area contributed by atoms with Gasteiger partial charge in [-0.1, -0.05) is 74.7 Å². The smallest absolute Gasteiger partial charge is 0.169 e. The van der Waals surface area contributed by atoms with E-state index in [2.05, 4.69) is 30.4 Å². The predicted octanol–water partition coefficient (Wildman–Crippen LogP) is 9.56. The number of benzene rings is 4. The van der Waals surface area contributed by atoms with E-state index in [-0.39, 0.29) is 51.3 Å². The number of rotatable bonds is 12. The number of hydrogen-bond acceptors (Lipinski definition) is 8. The summed E-state index contributed by atoms with van der Waals surface area (Å²) < 4.78 is 7.13. The largest absolute Gasteiger partial charge is 0.507 e. The normalized spacial score (nSPS) is 27.3. The fourth-order valence-corrected chi connectivity index (χ4v) is 11.3. The number of hydrogen-bond donors (Lipinski definition) is 7. The second-order valence-electron chi connectivity index (χ2n) is 17.4. The van der Waals surface area contributed by atoms with Crippen LogP contribution in [0.1, 0.15) is 124 Å². The molecule has 4 aromatic carbocycles. The van der Waals surface area contributed by atoms with Gasteiger partial charge in [0.2, 0.25) is 0 Å². The van der Waals surface area contributed by atoms with Gasteiger partial charge in [0, 0.05) is 23.6 Å². The third-order valence-electron chi connectivity index (χ3n) is 14.1. The molecule has 4 fully saturated rings. The van der Waals surface area contributed by atoms with E-state index >= 15 is 0 Å². The molecule has 2 aliphatic carbocycles. The summed E-state index contributed by atoms with van der Waals surface area (Å²) in [7, 11) is 0. The van der Waals surface area contributed by atoms with Crippen molar-refractivity contribution in [2.75, 3.05) is 0 Å². The van der Waals surface area contributed by atoms with Crippen LogP contribution in [0.3, 0.4) is 0 Å². The maximum Gasteiger partial charge on any atom is 0.169 e. The van der Waals surface area contributed by atoms with Crippen molar-refractivity contribution in [1.82, 2.24) is 5.32 Å². The highest BCUT2D eigenvalue weighted by Crippen LogP contribution is 2.64. The molecule has 4 aliphatic rings. The highest BCUT2D eigenvalue weighted by Gasteiger charge is 2.64. The number of aliphatic hydroxyl groups is 1. The molecule has 2 heterocycles. The molecule has 8 rings (SSSR count). The van der Waals surface area contributed by atoms with Crippen molar-refractivity contribution in [1.29, 1.82) is 0 Å². The third-order valence-corrected chi connectivity index (χ3v) is 14.1. The second kappa shape index (κ2) is 16.0. The van der Waals surface area contributed by atoms with E-state index in [1.807, 2.05) is 12.1 Å². The number of phenolic OH excluding ortho intramolecular Hbond substituents is 5. The summed E-state index contributed by atoms with van der Waals surface area (Å²) in [5, 5.41) is 68.7. The number of aryl methyl sites for hydroxylation is 2. The Morgan fingerprint density at radius 2 is 1.66 bits per heavy atom. The van der Waals surface area contributed by atoms with Gasteiger partial charge in [-0.2, -0.15) is 0 Å². The number of nitrogens with one attached hydrogen (secondary N) is 1. The van der Waals surface area contributed by atoms with Crippen LogP contribution in [-0.2, 0) is 30.5 Å². The maximum absolute atomic E-state index is 11.4. The van der Waals surface area contributed by atoms with Gasteiger partial charge < -0.3 is 40.7 Å². The highest BCUT2D eigenvalue weighted by molar-refractivity contribution is 6.03. The first-order valence-electron chi connectivity index (χ1n) is 21.2. The molecule has 56 heavy (non-hydrogen) atoms. The monoisotopic (exact) mass is 761 g/mol. The van der Waals surface area contributed by atoms with E-state index in [9.17, 15) is 30.6 Å². The average molecular weight is 762 g/mol. The fraction of sp³-hybridized carbons (Fsp3) is 0.500. The van der Waals surface area contributed by atoms with Gasteiger partial charge in [0.05, 0.1) is 23.2 Å². The molecule has 298 valence electrons. The lowest BCUT2D eigenvalue weighted by Gasteiger charge is -2.63. The summed E-state index contributed by atoms with van der Waals surface area (Å²) in [6, 6.07) is 16.8. The molecule has 4 aromatic rings. The molecule has 7 N–H and O–H groups in total. The van der Waals surface area contributed by atoms with Crippen LogP contribution in [-0.4, -0.2) is 54.5 Å². The molecule has 2 saturated carbocycles. The van der Waals surface area contributed by atoms with Crippen LogP contribution in [0.5, 0.6) is 28.7 Å². The first-order valence-corrected chi connectivity index (χ1v) is 21.2. The molecule has 6 atom stereocenters. The quantitative estimate of drug-likeness (QED) is 0.0430. The van der Waals surface area contributed by atoms with Crippen LogP contribution in [0.4, 0.5) is 0 Å². The van der Waals surface area contributed by atoms with Crippen molar-refractivity contribution in [2.24, 2.45) is 11.3 Å². The average Bonchev–Trinajstić information content (AvgIpc) is 3.57. The summed E-state index contributed by atoms with van der Waals surface area (Å²) in [6.07, 6.45) is 20.3. The van der Waals surface area contributed by atoms with Crippen molar-refractivity contribution >= 4 is 22.9 Å². The molecule has 2 spiro atoms. The first-order chi connectivity index (χ1) is 27.1. The van der Waals surface area contributed by atoms with Crippen LogP contribution in [0, 0.1) is 11.3 Å². The minimum atomic E-state index is -0.347. The minimum absolute atomic E-state index is 0.113. The van der Waals surface area contributed by atoms with Crippen molar-refractivity contribution in [3.8, 4) is 28.7 Å². The lowest BCUT2D eigenvalue weighted by molar-refractivity contribution is -0.270. The molecule has 8 heteroatoms. The molecular weight excluding hydrogens is 703 g/mol. The number of fused-ring (bicyclic) bond motifs is 2. The molecule has 2 bridgehead atoms. The molecule has 0 amide bonds. The van der Waals surface area contributed by atoms with E-state index in [1.165, 1.54) is 61.4 Å². The molecular formula is C48H59NO7. The van der Waals surface area contributed by atoms with Gasteiger partial charge in [0.15, 0.2) is 23.0 Å². The maximum atomic E-state index is 11.4. The van der Waals surface area contributed by atoms with Gasteiger partial charge in [-0.05, 0) is 141 Å². The summed E-state index contributed by atoms with van der Waals surface area (Å²) in [5.41, 5.74) is 5.70. The van der Waals surface area contributed by atoms with Crippen molar-refractivity contribution in [3.05, 3.63) is 88.0 Å². The first kappa shape index (κ1) is 38.6. The van der Waals surface area contributed by atoms with Crippen LogP contribution in [0.15, 0.2) is 54.6 Å². The van der Waals surface area contributed by atoms with Gasteiger partial charge >= 0.3 is 0 Å². The number of aliphatic hydroxyl groups excluding tert-OH is 1. The number of phenols is 5. The van der Waals surface area contributed by atoms with Crippen molar-refractivity contribution < 1.29 is 35.4 Å². The third kappa shape index (κ3) is 7.25. The van der Waals surface area contributed by atoms with Gasteiger partial charge in [-0.3, -0.25) is 0 Å². The van der Waals surface area contributed by atoms with Crippen LogP contribution in [0.25, 0.3) is 22.9 Å². The Morgan fingerprint density at radius 1 is 0.786 bits per heavy atom. The second-order valence-corrected chi connectivity index (χ2v) is 17.4. The van der Waals surface area contributed by atoms with E-state index in [0.29, 0.717) is 53.0 Å². The Hall–Kier alpha value is -4.24. The van der Waals surface area contributed by atoms with Gasteiger partial charge in [0.25, 0.3) is 0 Å². The Bertz CT molecular complexity index is 2090. The molecule has 0 radical (unpaired) electrons. The summed E-state index contributed by atoms with van der Waals surface area (Å²) in [6.45, 7) is 3.04. The zero-order valence-corrected chi connectivity index (χ0v) is 32.8. The summed E-state index contributed by atoms with van der Waals surface area (Å²) in [4.78, 5) is 0. The number of aromatic hydroxyl groups is 5. The molecule has 2 saturated heterocycles. The van der Waals surface area contributed by atoms with E-state index in [4.69, 9.17) is 4.74 Å². The molecule has 0 aromatic heterocycles. The SMILES string of the molecule is CCCCCc1cc(CCc2c(O)c(O)c3c(O)cccc3c2/C=C/c2ccc(O)c(O)c2)ccc1CN[C@H]1C[C@H]2CC[C@H]3CCC[C@]4(CC[C@H](O)C4)[C@]3(C1)O2. The van der Waals surface area contributed by atoms with Crippen LogP contribution < -0.4 is 5.32 Å².